The van der Waals surface area contributed by atoms with Crippen molar-refractivity contribution in [3.05, 3.63) is 46.3 Å². The Labute approximate surface area is 160 Å². The van der Waals surface area contributed by atoms with Gasteiger partial charge in [-0.25, -0.2) is 9.97 Å². The molecular formula is C17H17Cl2N5O2. The van der Waals surface area contributed by atoms with Gasteiger partial charge < -0.3 is 15.1 Å². The Bertz CT molecular complexity index is 838. The van der Waals surface area contributed by atoms with E-state index in [4.69, 9.17) is 23.2 Å². The first-order chi connectivity index (χ1) is 12.5. The predicted molar refractivity (Wildman–Crippen MR) is 101 cm³/mol. The van der Waals surface area contributed by atoms with Gasteiger partial charge >= 0.3 is 0 Å². The zero-order chi connectivity index (χ0) is 18.7. The highest BCUT2D eigenvalue weighted by molar-refractivity contribution is 6.44. The fourth-order valence-corrected chi connectivity index (χ4v) is 3.03. The first kappa shape index (κ1) is 18.4. The lowest BCUT2D eigenvalue weighted by Gasteiger charge is -2.34. The maximum atomic E-state index is 12.5. The number of amides is 2. The number of hydrogen-bond acceptors (Lipinski definition) is 5. The molecule has 1 saturated heterocycles. The number of carbonyl (C=O) groups excluding carboxylic acids is 2. The van der Waals surface area contributed by atoms with E-state index in [1.54, 1.807) is 36.1 Å². The van der Waals surface area contributed by atoms with Gasteiger partial charge in [-0.1, -0.05) is 29.3 Å². The maximum Gasteiger partial charge on any atom is 0.274 e. The third kappa shape index (κ3) is 4.05. The van der Waals surface area contributed by atoms with Crippen LogP contribution in [-0.2, 0) is 4.79 Å². The number of aromatic nitrogens is 2. The third-order valence-corrected chi connectivity index (χ3v) is 4.95. The van der Waals surface area contributed by atoms with Gasteiger partial charge in [-0.05, 0) is 12.1 Å². The zero-order valence-electron chi connectivity index (χ0n) is 14.1. The number of anilines is 2. The molecule has 1 fully saturated rings. The second-order valence-corrected chi connectivity index (χ2v) is 6.60. The topological polar surface area (TPSA) is 78.4 Å². The molecule has 2 amide bonds. The molecule has 1 aromatic heterocycles. The number of hydrogen-bond donors (Lipinski definition) is 1. The number of nitrogens with one attached hydrogen (secondary N) is 1. The molecule has 9 heteroatoms. The lowest BCUT2D eigenvalue weighted by Crippen LogP contribution is -2.48. The molecular weight excluding hydrogens is 377 g/mol. The van der Waals surface area contributed by atoms with E-state index >= 15 is 0 Å². The summed E-state index contributed by atoms with van der Waals surface area (Å²) in [7, 11) is 0. The summed E-state index contributed by atoms with van der Waals surface area (Å²) < 4.78 is 0. The molecule has 0 radical (unpaired) electrons. The molecule has 0 bridgehead atoms. The Hall–Kier alpha value is -2.38. The minimum absolute atomic E-state index is 0.0609. The Morgan fingerprint density at radius 3 is 2.54 bits per heavy atom. The highest BCUT2D eigenvalue weighted by Gasteiger charge is 2.21. The van der Waals surface area contributed by atoms with Crippen molar-refractivity contribution in [1.82, 2.24) is 14.9 Å². The lowest BCUT2D eigenvalue weighted by atomic mass is 10.2. The minimum Gasteiger partial charge on any atom is -0.353 e. The summed E-state index contributed by atoms with van der Waals surface area (Å²) in [5.41, 5.74) is 0.638. The summed E-state index contributed by atoms with van der Waals surface area (Å²) in [6, 6.07) is 6.62. The van der Waals surface area contributed by atoms with Crippen molar-refractivity contribution in [3.8, 4) is 0 Å². The van der Waals surface area contributed by atoms with Gasteiger partial charge in [-0.2, -0.15) is 0 Å². The first-order valence-corrected chi connectivity index (χ1v) is 8.79. The molecule has 2 heterocycles. The van der Waals surface area contributed by atoms with Crippen LogP contribution in [0.2, 0.25) is 10.0 Å². The quantitative estimate of drug-likeness (QED) is 0.866. The predicted octanol–water partition coefficient (Wildman–Crippen LogP) is 2.70. The SMILES string of the molecule is CC(=O)N1CCN(c2cc(C(=O)Nc3cccc(Cl)c3Cl)ncn2)CC1. The zero-order valence-corrected chi connectivity index (χ0v) is 15.6. The molecule has 1 aliphatic rings. The van der Waals surface area contributed by atoms with Gasteiger partial charge in [0.05, 0.1) is 15.7 Å². The van der Waals surface area contributed by atoms with Crippen LogP contribution in [0.1, 0.15) is 17.4 Å². The monoisotopic (exact) mass is 393 g/mol. The van der Waals surface area contributed by atoms with E-state index in [-0.39, 0.29) is 16.6 Å². The maximum absolute atomic E-state index is 12.5. The average molecular weight is 394 g/mol. The van der Waals surface area contributed by atoms with Crippen molar-refractivity contribution in [2.24, 2.45) is 0 Å². The third-order valence-electron chi connectivity index (χ3n) is 4.13. The van der Waals surface area contributed by atoms with Gasteiger partial charge in [0.2, 0.25) is 5.91 Å². The summed E-state index contributed by atoms with van der Waals surface area (Å²) in [5.74, 6) is 0.302. The molecule has 0 aliphatic carbocycles. The first-order valence-electron chi connectivity index (χ1n) is 8.03. The van der Waals surface area contributed by atoms with E-state index in [2.05, 4.69) is 15.3 Å². The van der Waals surface area contributed by atoms with Gasteiger partial charge in [0.25, 0.3) is 5.91 Å². The van der Waals surface area contributed by atoms with Crippen molar-refractivity contribution in [3.63, 3.8) is 0 Å². The van der Waals surface area contributed by atoms with Gasteiger partial charge in [0, 0.05) is 39.2 Å². The van der Waals surface area contributed by atoms with Gasteiger partial charge in [0.15, 0.2) is 0 Å². The van der Waals surface area contributed by atoms with E-state index in [1.807, 2.05) is 4.90 Å². The Balaban J connectivity index is 1.72. The van der Waals surface area contributed by atoms with E-state index < -0.39 is 5.91 Å². The molecule has 26 heavy (non-hydrogen) atoms. The van der Waals surface area contributed by atoms with E-state index in [0.717, 1.165) is 0 Å². The molecule has 1 N–H and O–H groups in total. The van der Waals surface area contributed by atoms with Crippen LogP contribution in [0.4, 0.5) is 11.5 Å². The van der Waals surface area contributed by atoms with Crippen LogP contribution in [0.3, 0.4) is 0 Å². The Morgan fingerprint density at radius 1 is 1.12 bits per heavy atom. The van der Waals surface area contributed by atoms with Crippen LogP contribution in [0.5, 0.6) is 0 Å². The number of nitrogens with zero attached hydrogens (tertiary/aromatic N) is 4. The minimum atomic E-state index is -0.403. The highest BCUT2D eigenvalue weighted by Crippen LogP contribution is 2.29. The molecule has 136 valence electrons. The summed E-state index contributed by atoms with van der Waals surface area (Å²) >= 11 is 12.1. The number of carbonyl (C=O) groups is 2. The van der Waals surface area contributed by atoms with Gasteiger partial charge in [0.1, 0.15) is 17.8 Å². The molecule has 0 spiro atoms. The van der Waals surface area contributed by atoms with Gasteiger partial charge in [-0.15, -0.1) is 0 Å². The molecule has 3 rings (SSSR count). The van der Waals surface area contributed by atoms with Crippen LogP contribution in [0.15, 0.2) is 30.6 Å². The van der Waals surface area contributed by atoms with Crippen LogP contribution in [-0.4, -0.2) is 52.9 Å². The van der Waals surface area contributed by atoms with Crippen LogP contribution >= 0.6 is 23.2 Å². The molecule has 2 aromatic rings. The van der Waals surface area contributed by atoms with Crippen molar-refractivity contribution in [2.75, 3.05) is 36.4 Å². The van der Waals surface area contributed by atoms with E-state index in [1.165, 1.54) is 6.33 Å². The molecule has 1 aromatic carbocycles. The summed E-state index contributed by atoms with van der Waals surface area (Å²) in [4.78, 5) is 36.0. The van der Waals surface area contributed by atoms with E-state index in [0.29, 0.717) is 42.7 Å². The van der Waals surface area contributed by atoms with Crippen molar-refractivity contribution in [2.45, 2.75) is 6.92 Å². The van der Waals surface area contributed by atoms with Crippen LogP contribution < -0.4 is 10.2 Å². The smallest absolute Gasteiger partial charge is 0.274 e. The fourth-order valence-electron chi connectivity index (χ4n) is 2.68. The normalized spacial score (nSPS) is 14.3. The van der Waals surface area contributed by atoms with Crippen LogP contribution in [0.25, 0.3) is 0 Å². The van der Waals surface area contributed by atoms with Gasteiger partial charge in [-0.3, -0.25) is 9.59 Å². The fraction of sp³-hybridized carbons (Fsp3) is 0.294. The largest absolute Gasteiger partial charge is 0.353 e. The summed E-state index contributed by atoms with van der Waals surface area (Å²) in [6.45, 7) is 4.11. The van der Waals surface area contributed by atoms with Crippen molar-refractivity contribution >= 4 is 46.5 Å². The Morgan fingerprint density at radius 2 is 1.85 bits per heavy atom. The average Bonchev–Trinajstić information content (AvgIpc) is 2.65. The summed E-state index contributed by atoms with van der Waals surface area (Å²) in [6.07, 6.45) is 1.35. The molecule has 0 saturated carbocycles. The van der Waals surface area contributed by atoms with E-state index in [9.17, 15) is 9.59 Å². The molecule has 0 unspecified atom stereocenters. The number of halogens is 2. The molecule has 7 nitrogen and oxygen atoms in total. The lowest BCUT2D eigenvalue weighted by molar-refractivity contribution is -0.129. The molecule has 0 atom stereocenters. The van der Waals surface area contributed by atoms with Crippen molar-refractivity contribution in [1.29, 1.82) is 0 Å². The van der Waals surface area contributed by atoms with Crippen molar-refractivity contribution < 1.29 is 9.59 Å². The number of rotatable bonds is 3. The highest BCUT2D eigenvalue weighted by atomic mass is 35.5. The van der Waals surface area contributed by atoms with Crippen LogP contribution in [0, 0.1) is 0 Å². The summed E-state index contributed by atoms with van der Waals surface area (Å²) in [5, 5.41) is 3.34. The Kier molecular flexibility index (Phi) is 5.58. The number of piperazine rings is 1. The molecule has 1 aliphatic heterocycles. The number of benzene rings is 1. The second kappa shape index (κ2) is 7.88. The second-order valence-electron chi connectivity index (χ2n) is 5.81. The standard InChI is InChI=1S/C17H17Cl2N5O2/c1-11(25)23-5-7-24(8-6-23)15-9-14(20-10-21-15)17(26)22-13-4-2-3-12(18)16(13)19/h2-4,9-10H,5-8H2,1H3,(H,22,26).